The highest BCUT2D eigenvalue weighted by Crippen LogP contribution is 2.29. The number of anilines is 1. The van der Waals surface area contributed by atoms with E-state index >= 15 is 0 Å². The number of hydrogen-bond donors (Lipinski definition) is 3. The Balaban J connectivity index is 1.57. The van der Waals surface area contributed by atoms with E-state index in [9.17, 15) is 9.90 Å². The molecule has 2 amide bonds. The summed E-state index contributed by atoms with van der Waals surface area (Å²) in [6, 6.07) is 18.8. The van der Waals surface area contributed by atoms with E-state index in [-0.39, 0.29) is 12.6 Å². The number of aliphatic hydroxyl groups excluding tert-OH is 1. The summed E-state index contributed by atoms with van der Waals surface area (Å²) in [7, 11) is 0. The van der Waals surface area contributed by atoms with E-state index in [1.807, 2.05) is 60.7 Å². The number of aliphatic hydroxyl groups is 1. The van der Waals surface area contributed by atoms with Crippen molar-refractivity contribution in [3.8, 4) is 0 Å². The van der Waals surface area contributed by atoms with Crippen LogP contribution in [0.4, 0.5) is 10.5 Å². The molecule has 1 aromatic heterocycles. The second kappa shape index (κ2) is 6.60. The van der Waals surface area contributed by atoms with Crippen molar-refractivity contribution in [3.63, 3.8) is 0 Å². The SMILES string of the molecule is O=C(NCC(O)c1cc2ccccc2s1)Nc1ccccc1. The molecule has 0 aliphatic heterocycles. The summed E-state index contributed by atoms with van der Waals surface area (Å²) in [6.45, 7) is 0.172. The van der Waals surface area contributed by atoms with Crippen molar-refractivity contribution in [2.45, 2.75) is 6.10 Å². The predicted molar refractivity (Wildman–Crippen MR) is 90.2 cm³/mol. The van der Waals surface area contributed by atoms with Crippen LogP contribution in [0.15, 0.2) is 60.7 Å². The van der Waals surface area contributed by atoms with Crippen molar-refractivity contribution in [2.24, 2.45) is 0 Å². The van der Waals surface area contributed by atoms with Crippen molar-refractivity contribution >= 4 is 33.1 Å². The third-order valence-electron chi connectivity index (χ3n) is 3.26. The molecule has 1 heterocycles. The normalized spacial score (nSPS) is 12.0. The van der Waals surface area contributed by atoms with E-state index in [2.05, 4.69) is 10.6 Å². The number of para-hydroxylation sites is 1. The Hall–Kier alpha value is -2.37. The fourth-order valence-electron chi connectivity index (χ4n) is 2.15. The highest BCUT2D eigenvalue weighted by molar-refractivity contribution is 7.19. The fraction of sp³-hybridized carbons (Fsp3) is 0.118. The Morgan fingerprint density at radius 2 is 1.82 bits per heavy atom. The minimum absolute atomic E-state index is 0.172. The highest BCUT2D eigenvalue weighted by atomic mass is 32.1. The van der Waals surface area contributed by atoms with Crippen LogP contribution in [-0.2, 0) is 0 Å². The number of rotatable bonds is 4. The topological polar surface area (TPSA) is 61.4 Å². The summed E-state index contributed by atoms with van der Waals surface area (Å²) in [5.41, 5.74) is 0.719. The fourth-order valence-corrected chi connectivity index (χ4v) is 3.20. The largest absolute Gasteiger partial charge is 0.386 e. The van der Waals surface area contributed by atoms with Crippen LogP contribution in [0.1, 0.15) is 11.0 Å². The van der Waals surface area contributed by atoms with Crippen LogP contribution in [0.25, 0.3) is 10.1 Å². The van der Waals surface area contributed by atoms with Crippen molar-refractivity contribution in [1.82, 2.24) is 5.32 Å². The van der Waals surface area contributed by atoms with Gasteiger partial charge in [-0.05, 0) is 29.7 Å². The van der Waals surface area contributed by atoms with Gasteiger partial charge in [-0.15, -0.1) is 11.3 Å². The molecule has 0 radical (unpaired) electrons. The zero-order valence-corrected chi connectivity index (χ0v) is 12.6. The van der Waals surface area contributed by atoms with Gasteiger partial charge in [0.1, 0.15) is 6.10 Å². The van der Waals surface area contributed by atoms with Crippen molar-refractivity contribution in [1.29, 1.82) is 0 Å². The van der Waals surface area contributed by atoms with Crippen LogP contribution in [0.2, 0.25) is 0 Å². The molecule has 0 spiro atoms. The smallest absolute Gasteiger partial charge is 0.319 e. The van der Waals surface area contributed by atoms with Gasteiger partial charge in [0.15, 0.2) is 0 Å². The Labute approximate surface area is 132 Å². The molecule has 2 aromatic carbocycles. The van der Waals surface area contributed by atoms with Gasteiger partial charge in [-0.1, -0.05) is 36.4 Å². The molecule has 3 rings (SSSR count). The molecule has 112 valence electrons. The zero-order valence-electron chi connectivity index (χ0n) is 11.8. The van der Waals surface area contributed by atoms with E-state index in [0.717, 1.165) is 20.7 Å². The van der Waals surface area contributed by atoms with Gasteiger partial charge >= 0.3 is 6.03 Å². The molecular formula is C17H16N2O2S. The minimum Gasteiger partial charge on any atom is -0.386 e. The number of benzene rings is 2. The molecule has 0 saturated heterocycles. The monoisotopic (exact) mass is 312 g/mol. The molecule has 0 aliphatic carbocycles. The van der Waals surface area contributed by atoms with Gasteiger partial charge in [-0.2, -0.15) is 0 Å². The Kier molecular flexibility index (Phi) is 4.37. The first-order valence-electron chi connectivity index (χ1n) is 6.99. The van der Waals surface area contributed by atoms with Crippen LogP contribution in [0.5, 0.6) is 0 Å². The molecule has 3 aromatic rings. The van der Waals surface area contributed by atoms with Gasteiger partial charge in [0.05, 0.1) is 6.54 Å². The van der Waals surface area contributed by atoms with Gasteiger partial charge in [0, 0.05) is 15.3 Å². The second-order valence-electron chi connectivity index (χ2n) is 4.90. The lowest BCUT2D eigenvalue weighted by molar-refractivity contribution is 0.178. The number of amides is 2. The summed E-state index contributed by atoms with van der Waals surface area (Å²) in [6.07, 6.45) is -0.709. The number of carbonyl (C=O) groups excluding carboxylic acids is 1. The van der Waals surface area contributed by atoms with Crippen LogP contribution in [-0.4, -0.2) is 17.7 Å². The molecular weight excluding hydrogens is 296 g/mol. The maximum atomic E-state index is 11.8. The van der Waals surface area contributed by atoms with Crippen molar-refractivity contribution in [2.75, 3.05) is 11.9 Å². The number of thiophene rings is 1. The van der Waals surface area contributed by atoms with Crippen LogP contribution in [0, 0.1) is 0 Å². The van der Waals surface area contributed by atoms with Crippen molar-refractivity contribution < 1.29 is 9.90 Å². The van der Waals surface area contributed by atoms with Crippen LogP contribution in [0.3, 0.4) is 0 Å². The molecule has 4 nitrogen and oxygen atoms in total. The first-order chi connectivity index (χ1) is 10.7. The Morgan fingerprint density at radius 3 is 2.59 bits per heavy atom. The lowest BCUT2D eigenvalue weighted by Gasteiger charge is -2.11. The number of hydrogen-bond acceptors (Lipinski definition) is 3. The molecule has 0 fully saturated rings. The van der Waals surface area contributed by atoms with Gasteiger partial charge in [-0.3, -0.25) is 0 Å². The summed E-state index contributed by atoms with van der Waals surface area (Å²) in [5, 5.41) is 16.7. The second-order valence-corrected chi connectivity index (χ2v) is 6.02. The maximum absolute atomic E-state index is 11.8. The predicted octanol–water partition coefficient (Wildman–Crippen LogP) is 3.76. The van der Waals surface area contributed by atoms with E-state index in [0.29, 0.717) is 0 Å². The first-order valence-corrected chi connectivity index (χ1v) is 7.80. The summed E-state index contributed by atoms with van der Waals surface area (Å²) in [4.78, 5) is 12.6. The third kappa shape index (κ3) is 3.44. The molecule has 0 aliphatic rings. The average Bonchev–Trinajstić information content (AvgIpc) is 2.98. The minimum atomic E-state index is -0.709. The maximum Gasteiger partial charge on any atom is 0.319 e. The number of fused-ring (bicyclic) bond motifs is 1. The van der Waals surface area contributed by atoms with Gasteiger partial charge < -0.3 is 15.7 Å². The van der Waals surface area contributed by atoms with E-state index in [4.69, 9.17) is 0 Å². The van der Waals surface area contributed by atoms with Gasteiger partial charge in [-0.25, -0.2) is 4.79 Å². The quantitative estimate of drug-likeness (QED) is 0.687. The molecule has 3 N–H and O–H groups in total. The Bertz CT molecular complexity index is 737. The summed E-state index contributed by atoms with van der Waals surface area (Å²) in [5.74, 6) is 0. The lowest BCUT2D eigenvalue weighted by atomic mass is 10.2. The molecule has 22 heavy (non-hydrogen) atoms. The van der Waals surface area contributed by atoms with E-state index in [1.54, 1.807) is 0 Å². The molecule has 0 bridgehead atoms. The molecule has 1 unspecified atom stereocenters. The van der Waals surface area contributed by atoms with Crippen LogP contribution >= 0.6 is 11.3 Å². The number of carbonyl (C=O) groups is 1. The number of nitrogens with one attached hydrogen (secondary N) is 2. The summed E-state index contributed by atoms with van der Waals surface area (Å²) >= 11 is 1.54. The van der Waals surface area contributed by atoms with E-state index < -0.39 is 6.10 Å². The average molecular weight is 312 g/mol. The molecule has 1 atom stereocenters. The first kappa shape index (κ1) is 14.6. The lowest BCUT2D eigenvalue weighted by Crippen LogP contribution is -2.32. The third-order valence-corrected chi connectivity index (χ3v) is 4.48. The standard InChI is InChI=1S/C17H16N2O2S/c20-14(16-10-12-6-4-5-9-15(12)22-16)11-18-17(21)19-13-7-2-1-3-8-13/h1-10,14,20H,11H2,(H2,18,19,21). The van der Waals surface area contributed by atoms with Gasteiger partial charge in [0.2, 0.25) is 0 Å². The molecule has 0 saturated carbocycles. The number of urea groups is 1. The zero-order chi connectivity index (χ0) is 15.4. The van der Waals surface area contributed by atoms with E-state index in [1.165, 1.54) is 11.3 Å². The Morgan fingerprint density at radius 1 is 1.09 bits per heavy atom. The van der Waals surface area contributed by atoms with Gasteiger partial charge in [0.25, 0.3) is 0 Å². The van der Waals surface area contributed by atoms with Crippen molar-refractivity contribution in [3.05, 3.63) is 65.5 Å². The molecule has 5 heteroatoms. The highest BCUT2D eigenvalue weighted by Gasteiger charge is 2.12. The van der Waals surface area contributed by atoms with Crippen LogP contribution < -0.4 is 10.6 Å². The summed E-state index contributed by atoms with van der Waals surface area (Å²) < 4.78 is 1.13.